The number of fused-ring (bicyclic) bond motifs is 5. The molecule has 2 fully saturated rings. The number of aromatic amines is 1. The highest BCUT2D eigenvalue weighted by Gasteiger charge is 2.36. The third-order valence-electron chi connectivity index (χ3n) is 5.53. The van der Waals surface area contributed by atoms with Gasteiger partial charge in [0.1, 0.15) is 5.69 Å². The molecule has 1 aliphatic heterocycles. The number of imidazole rings is 1. The van der Waals surface area contributed by atoms with Gasteiger partial charge in [-0.15, -0.1) is 0 Å². The molecule has 5 rings (SSSR count). The van der Waals surface area contributed by atoms with Crippen molar-refractivity contribution in [1.29, 1.82) is 0 Å². The van der Waals surface area contributed by atoms with Gasteiger partial charge in [-0.1, -0.05) is 12.8 Å². The van der Waals surface area contributed by atoms with E-state index in [1.165, 1.54) is 19.3 Å². The number of aliphatic imine (C=N–C) groups is 1. The van der Waals surface area contributed by atoms with Crippen molar-refractivity contribution in [3.8, 4) is 0 Å². The first-order valence-electron chi connectivity index (χ1n) is 7.94. The summed E-state index contributed by atoms with van der Waals surface area (Å²) in [7, 11) is 0. The van der Waals surface area contributed by atoms with Gasteiger partial charge in [0, 0.05) is 18.7 Å². The molecule has 1 N–H and O–H groups in total. The lowest BCUT2D eigenvalue weighted by atomic mass is 9.85. The van der Waals surface area contributed by atoms with Crippen molar-refractivity contribution in [2.45, 2.75) is 44.6 Å². The molecule has 0 amide bonds. The SMILES string of the molecule is O=c1[nH]c2cnc3c(c2n1C1C[C@H]2CC[C@@H](C1)C2)N=CC3. The maximum atomic E-state index is 12.5. The number of rotatable bonds is 1. The number of aromatic nitrogens is 3. The van der Waals surface area contributed by atoms with Crippen molar-refractivity contribution >= 4 is 22.9 Å². The Morgan fingerprint density at radius 3 is 2.81 bits per heavy atom. The molecule has 3 atom stereocenters. The molecule has 0 spiro atoms. The Morgan fingerprint density at radius 1 is 1.19 bits per heavy atom. The van der Waals surface area contributed by atoms with Crippen LogP contribution in [0.15, 0.2) is 16.0 Å². The molecule has 0 radical (unpaired) electrons. The lowest BCUT2D eigenvalue weighted by Gasteiger charge is -2.28. The van der Waals surface area contributed by atoms with Crippen molar-refractivity contribution < 1.29 is 0 Å². The van der Waals surface area contributed by atoms with E-state index in [-0.39, 0.29) is 5.69 Å². The molecule has 2 aromatic rings. The van der Waals surface area contributed by atoms with Crippen molar-refractivity contribution in [3.05, 3.63) is 22.4 Å². The molecule has 0 aromatic carbocycles. The zero-order valence-corrected chi connectivity index (χ0v) is 11.9. The largest absolute Gasteiger partial charge is 0.326 e. The number of hydrogen-bond acceptors (Lipinski definition) is 3. The minimum absolute atomic E-state index is 0.00796. The zero-order valence-electron chi connectivity index (χ0n) is 11.9. The van der Waals surface area contributed by atoms with E-state index in [9.17, 15) is 4.79 Å². The Kier molecular flexibility index (Phi) is 2.26. The molecule has 2 aromatic heterocycles. The van der Waals surface area contributed by atoms with E-state index in [1.807, 2.05) is 10.8 Å². The molecule has 2 saturated carbocycles. The topological polar surface area (TPSA) is 63.0 Å². The van der Waals surface area contributed by atoms with E-state index >= 15 is 0 Å². The second-order valence-corrected chi connectivity index (χ2v) is 6.80. The Bertz CT molecular complexity index is 804. The molecule has 2 aliphatic carbocycles. The minimum atomic E-state index is 0.00796. The van der Waals surface area contributed by atoms with Crippen LogP contribution >= 0.6 is 0 Å². The number of nitrogens with zero attached hydrogens (tertiary/aromatic N) is 3. The Morgan fingerprint density at radius 2 is 2.00 bits per heavy atom. The summed E-state index contributed by atoms with van der Waals surface area (Å²) in [5, 5.41) is 0. The normalized spacial score (nSPS) is 30.2. The Hall–Kier alpha value is -1.91. The quantitative estimate of drug-likeness (QED) is 0.874. The van der Waals surface area contributed by atoms with Crippen LogP contribution in [0.5, 0.6) is 0 Å². The van der Waals surface area contributed by atoms with Gasteiger partial charge in [-0.25, -0.2) is 4.79 Å². The fraction of sp³-hybridized carbons (Fsp3) is 0.562. The lowest BCUT2D eigenvalue weighted by molar-refractivity contribution is 0.262. The van der Waals surface area contributed by atoms with Crippen LogP contribution in [-0.4, -0.2) is 20.7 Å². The first-order chi connectivity index (χ1) is 10.3. The van der Waals surface area contributed by atoms with Crippen LogP contribution in [0.2, 0.25) is 0 Å². The van der Waals surface area contributed by atoms with E-state index in [4.69, 9.17) is 0 Å². The molecule has 5 heteroatoms. The molecule has 0 saturated heterocycles. The smallest absolute Gasteiger partial charge is 0.304 e. The molecular formula is C16H18N4O. The molecule has 21 heavy (non-hydrogen) atoms. The highest BCUT2D eigenvalue weighted by Crippen LogP contribution is 2.47. The molecule has 3 aliphatic rings. The van der Waals surface area contributed by atoms with Gasteiger partial charge in [0.05, 0.1) is 22.9 Å². The second kappa shape index (κ2) is 4.06. The number of pyridine rings is 1. The zero-order chi connectivity index (χ0) is 14.0. The van der Waals surface area contributed by atoms with Crippen molar-refractivity contribution in [3.63, 3.8) is 0 Å². The van der Waals surface area contributed by atoms with Gasteiger partial charge < -0.3 is 4.98 Å². The molecule has 5 nitrogen and oxygen atoms in total. The second-order valence-electron chi connectivity index (χ2n) is 6.80. The molecule has 108 valence electrons. The summed E-state index contributed by atoms with van der Waals surface area (Å²) in [5.74, 6) is 1.62. The summed E-state index contributed by atoms with van der Waals surface area (Å²) in [5.41, 5.74) is 3.71. The van der Waals surface area contributed by atoms with Crippen molar-refractivity contribution in [2.24, 2.45) is 16.8 Å². The van der Waals surface area contributed by atoms with Gasteiger partial charge in [-0.2, -0.15) is 0 Å². The van der Waals surface area contributed by atoms with Crippen LogP contribution in [0.3, 0.4) is 0 Å². The maximum absolute atomic E-state index is 12.5. The number of H-pyrrole nitrogens is 1. The summed E-state index contributed by atoms with van der Waals surface area (Å²) in [4.78, 5) is 24.4. The van der Waals surface area contributed by atoms with E-state index in [0.29, 0.717) is 6.04 Å². The Labute approximate surface area is 122 Å². The van der Waals surface area contributed by atoms with Gasteiger partial charge in [0.15, 0.2) is 0 Å². The average Bonchev–Trinajstić information content (AvgIpc) is 3.14. The predicted molar refractivity (Wildman–Crippen MR) is 81.3 cm³/mol. The standard InChI is InChI=1S/C16H18N4O/c21-16-19-13-8-18-12-3-4-17-14(12)15(13)20(16)11-6-9-1-2-10(5-9)7-11/h4,8-11H,1-3,5-7H2,(H,19,21)/t9-,10+,11?. The highest BCUT2D eigenvalue weighted by atomic mass is 16.1. The Balaban J connectivity index is 1.72. The van der Waals surface area contributed by atoms with Crippen molar-refractivity contribution in [1.82, 2.24) is 14.5 Å². The summed E-state index contributed by atoms with van der Waals surface area (Å²) in [6, 6.07) is 0.333. The summed E-state index contributed by atoms with van der Waals surface area (Å²) >= 11 is 0. The maximum Gasteiger partial charge on any atom is 0.326 e. The van der Waals surface area contributed by atoms with Crippen LogP contribution in [0.4, 0.5) is 5.69 Å². The van der Waals surface area contributed by atoms with E-state index in [2.05, 4.69) is 15.0 Å². The third-order valence-corrected chi connectivity index (χ3v) is 5.53. The molecular weight excluding hydrogens is 264 g/mol. The monoisotopic (exact) mass is 282 g/mol. The van der Waals surface area contributed by atoms with Gasteiger partial charge >= 0.3 is 5.69 Å². The van der Waals surface area contributed by atoms with E-state index < -0.39 is 0 Å². The first-order valence-corrected chi connectivity index (χ1v) is 7.94. The van der Waals surface area contributed by atoms with Gasteiger partial charge in [0.25, 0.3) is 0 Å². The lowest BCUT2D eigenvalue weighted by Crippen LogP contribution is -2.27. The van der Waals surface area contributed by atoms with Crippen LogP contribution in [0.1, 0.15) is 43.8 Å². The summed E-state index contributed by atoms with van der Waals surface area (Å²) in [6.45, 7) is 0. The molecule has 3 heterocycles. The van der Waals surface area contributed by atoms with Crippen molar-refractivity contribution in [2.75, 3.05) is 0 Å². The van der Waals surface area contributed by atoms with E-state index in [1.54, 1.807) is 6.20 Å². The summed E-state index contributed by atoms with van der Waals surface area (Å²) in [6.07, 6.45) is 10.8. The molecule has 2 bridgehead atoms. The van der Waals surface area contributed by atoms with E-state index in [0.717, 1.165) is 53.5 Å². The van der Waals surface area contributed by atoms with Gasteiger partial charge in [-0.3, -0.25) is 14.5 Å². The van der Waals surface area contributed by atoms with Crippen LogP contribution < -0.4 is 5.69 Å². The fourth-order valence-corrected chi connectivity index (χ4v) is 4.68. The average molecular weight is 282 g/mol. The highest BCUT2D eigenvalue weighted by molar-refractivity contribution is 5.93. The van der Waals surface area contributed by atoms with Gasteiger partial charge in [0.2, 0.25) is 0 Å². The first kappa shape index (κ1) is 11.7. The van der Waals surface area contributed by atoms with Crippen LogP contribution in [-0.2, 0) is 6.42 Å². The minimum Gasteiger partial charge on any atom is -0.304 e. The summed E-state index contributed by atoms with van der Waals surface area (Å²) < 4.78 is 1.99. The number of nitrogens with one attached hydrogen (secondary N) is 1. The molecule has 1 unspecified atom stereocenters. The van der Waals surface area contributed by atoms with Gasteiger partial charge in [-0.05, 0) is 31.1 Å². The van der Waals surface area contributed by atoms with Crippen LogP contribution in [0.25, 0.3) is 11.0 Å². The van der Waals surface area contributed by atoms with Crippen LogP contribution in [0, 0.1) is 11.8 Å². The number of hydrogen-bond donors (Lipinski definition) is 1. The fourth-order valence-electron chi connectivity index (χ4n) is 4.68. The predicted octanol–water partition coefficient (Wildman–Crippen LogP) is 2.73. The third kappa shape index (κ3) is 1.60.